The first-order valence-corrected chi connectivity index (χ1v) is 11.4. The first kappa shape index (κ1) is 21.6. The van der Waals surface area contributed by atoms with E-state index in [9.17, 15) is 17.6 Å². The second-order valence-corrected chi connectivity index (χ2v) is 8.84. The van der Waals surface area contributed by atoms with E-state index < -0.39 is 10.0 Å². The topological polar surface area (TPSA) is 81.1 Å². The fourth-order valence-electron chi connectivity index (χ4n) is 3.21. The molecule has 0 aliphatic heterocycles. The van der Waals surface area contributed by atoms with Crippen LogP contribution in [0.4, 0.5) is 4.39 Å². The number of benzene rings is 3. The van der Waals surface area contributed by atoms with Crippen LogP contribution in [0.3, 0.4) is 0 Å². The van der Waals surface area contributed by atoms with Gasteiger partial charge in [0, 0.05) is 18.2 Å². The highest BCUT2D eigenvalue weighted by Gasteiger charge is 2.14. The summed E-state index contributed by atoms with van der Waals surface area (Å²) in [5.74, 6) is -0.367. The summed E-state index contributed by atoms with van der Waals surface area (Å²) in [7, 11) is -3.74. The van der Waals surface area contributed by atoms with Crippen LogP contribution in [-0.4, -0.2) is 24.7 Å². The van der Waals surface area contributed by atoms with E-state index in [1.54, 1.807) is 42.5 Å². The lowest BCUT2D eigenvalue weighted by molar-refractivity contribution is 0.549. The third kappa shape index (κ3) is 4.99. The molecule has 4 rings (SSSR count). The van der Waals surface area contributed by atoms with E-state index in [0.29, 0.717) is 11.3 Å². The van der Waals surface area contributed by atoms with Crippen LogP contribution in [0.1, 0.15) is 0 Å². The maximum atomic E-state index is 13.1. The van der Waals surface area contributed by atoms with E-state index in [2.05, 4.69) is 9.82 Å². The predicted octanol–water partition coefficient (Wildman–Crippen LogP) is 3.69. The normalized spacial score (nSPS) is 11.4. The van der Waals surface area contributed by atoms with Crippen molar-refractivity contribution in [3.63, 3.8) is 0 Å². The summed E-state index contributed by atoms with van der Waals surface area (Å²) in [6.07, 6.45) is 0. The number of halogens is 1. The summed E-state index contributed by atoms with van der Waals surface area (Å²) in [5.41, 5.74) is 2.69. The summed E-state index contributed by atoms with van der Waals surface area (Å²) in [6, 6.07) is 24.9. The molecule has 0 bridgehead atoms. The molecule has 1 N–H and O–H groups in total. The van der Waals surface area contributed by atoms with Crippen molar-refractivity contribution in [3.05, 3.63) is 107 Å². The van der Waals surface area contributed by atoms with Crippen molar-refractivity contribution in [3.8, 4) is 22.4 Å². The molecule has 0 saturated carbocycles. The van der Waals surface area contributed by atoms with Crippen LogP contribution in [0.2, 0.25) is 0 Å². The van der Waals surface area contributed by atoms with Crippen molar-refractivity contribution in [2.75, 3.05) is 6.54 Å². The second-order valence-electron chi connectivity index (χ2n) is 7.08. The molecule has 8 heteroatoms. The van der Waals surface area contributed by atoms with Crippen LogP contribution >= 0.6 is 0 Å². The van der Waals surface area contributed by atoms with Crippen molar-refractivity contribution in [1.29, 1.82) is 0 Å². The molecule has 1 aromatic heterocycles. The molecule has 0 spiro atoms. The van der Waals surface area contributed by atoms with Gasteiger partial charge in [0.25, 0.3) is 5.56 Å². The zero-order valence-corrected chi connectivity index (χ0v) is 17.8. The highest BCUT2D eigenvalue weighted by atomic mass is 32.2. The fraction of sp³-hybridized carbons (Fsp3) is 0.0833. The quantitative estimate of drug-likeness (QED) is 0.467. The van der Waals surface area contributed by atoms with E-state index in [0.717, 1.165) is 11.1 Å². The number of aromatic nitrogens is 2. The molecule has 1 heterocycles. The van der Waals surface area contributed by atoms with Gasteiger partial charge in [0.15, 0.2) is 0 Å². The molecule has 0 fully saturated rings. The van der Waals surface area contributed by atoms with Crippen molar-refractivity contribution in [2.45, 2.75) is 11.4 Å². The van der Waals surface area contributed by atoms with Gasteiger partial charge >= 0.3 is 0 Å². The maximum absolute atomic E-state index is 13.1. The Bertz CT molecular complexity index is 1370. The molecule has 6 nitrogen and oxygen atoms in total. The van der Waals surface area contributed by atoms with E-state index in [4.69, 9.17) is 0 Å². The average molecular weight is 450 g/mol. The number of hydrogen-bond acceptors (Lipinski definition) is 4. The molecule has 4 aromatic rings. The van der Waals surface area contributed by atoms with Crippen LogP contribution in [0.15, 0.2) is 101 Å². The van der Waals surface area contributed by atoms with Crippen LogP contribution in [0.25, 0.3) is 22.4 Å². The lowest BCUT2D eigenvalue weighted by Gasteiger charge is -2.10. The van der Waals surface area contributed by atoms with Gasteiger partial charge in [0.1, 0.15) is 5.82 Å². The summed E-state index contributed by atoms with van der Waals surface area (Å²) in [4.78, 5) is 12.3. The third-order valence-corrected chi connectivity index (χ3v) is 6.37. The summed E-state index contributed by atoms with van der Waals surface area (Å²) in [5, 5.41) is 4.26. The minimum absolute atomic E-state index is 0.0114. The molecule has 32 heavy (non-hydrogen) atoms. The number of nitrogens with zero attached hydrogens (tertiary/aromatic N) is 2. The monoisotopic (exact) mass is 449 g/mol. The second kappa shape index (κ2) is 9.25. The predicted molar refractivity (Wildman–Crippen MR) is 121 cm³/mol. The van der Waals surface area contributed by atoms with Crippen LogP contribution in [0, 0.1) is 5.82 Å². The standard InChI is InChI=1S/C24H20FN3O3S/c25-21-10-6-20(7-11-21)23-14-15-24(29)28(27-23)17-16-26-32(30,31)22-12-8-19(9-13-22)18-4-2-1-3-5-18/h1-15,26H,16-17H2. The highest BCUT2D eigenvalue weighted by molar-refractivity contribution is 7.89. The first-order valence-electron chi connectivity index (χ1n) is 9.92. The molecule has 0 aliphatic rings. The van der Waals surface area contributed by atoms with Gasteiger partial charge in [0.2, 0.25) is 10.0 Å². The molecule has 3 aromatic carbocycles. The van der Waals surface area contributed by atoms with Gasteiger partial charge in [-0.1, -0.05) is 42.5 Å². The van der Waals surface area contributed by atoms with Gasteiger partial charge in [-0.05, 0) is 53.6 Å². The molecule has 162 valence electrons. The SMILES string of the molecule is O=c1ccc(-c2ccc(F)cc2)nn1CCNS(=O)(=O)c1ccc(-c2ccccc2)cc1. The zero-order valence-electron chi connectivity index (χ0n) is 17.0. The Morgan fingerprint density at radius 2 is 1.41 bits per heavy atom. The maximum Gasteiger partial charge on any atom is 0.266 e. The van der Waals surface area contributed by atoms with Gasteiger partial charge in [-0.2, -0.15) is 5.10 Å². The highest BCUT2D eigenvalue weighted by Crippen LogP contribution is 2.21. The number of rotatable bonds is 7. The van der Waals surface area contributed by atoms with Crippen molar-refractivity contribution in [1.82, 2.24) is 14.5 Å². The number of hydrogen-bond donors (Lipinski definition) is 1. The number of sulfonamides is 1. The molecule has 0 saturated heterocycles. The third-order valence-electron chi connectivity index (χ3n) is 4.89. The van der Waals surface area contributed by atoms with Crippen LogP contribution < -0.4 is 10.3 Å². The Balaban J connectivity index is 1.44. The molecule has 0 amide bonds. The fourth-order valence-corrected chi connectivity index (χ4v) is 4.23. The van der Waals surface area contributed by atoms with Gasteiger partial charge in [0.05, 0.1) is 17.1 Å². The van der Waals surface area contributed by atoms with E-state index in [-0.39, 0.29) is 29.4 Å². The Morgan fingerprint density at radius 3 is 2.09 bits per heavy atom. The largest absolute Gasteiger partial charge is 0.268 e. The Hall–Kier alpha value is -3.62. The van der Waals surface area contributed by atoms with Crippen molar-refractivity contribution >= 4 is 10.0 Å². The summed E-state index contributed by atoms with van der Waals surface area (Å²) >= 11 is 0. The Kier molecular flexibility index (Phi) is 6.25. The van der Waals surface area contributed by atoms with Gasteiger partial charge in [-0.25, -0.2) is 22.2 Å². The lowest BCUT2D eigenvalue weighted by atomic mass is 10.1. The van der Waals surface area contributed by atoms with Gasteiger partial charge in [-0.15, -0.1) is 0 Å². The van der Waals surface area contributed by atoms with E-state index in [1.165, 1.54) is 22.9 Å². The molecular weight excluding hydrogens is 429 g/mol. The van der Waals surface area contributed by atoms with Gasteiger partial charge in [-0.3, -0.25) is 4.79 Å². The van der Waals surface area contributed by atoms with Crippen LogP contribution in [0.5, 0.6) is 0 Å². The Morgan fingerprint density at radius 1 is 0.781 bits per heavy atom. The minimum atomic E-state index is -3.74. The minimum Gasteiger partial charge on any atom is -0.268 e. The van der Waals surface area contributed by atoms with Gasteiger partial charge < -0.3 is 0 Å². The zero-order chi connectivity index (χ0) is 22.6. The molecule has 0 aliphatic carbocycles. The lowest BCUT2D eigenvalue weighted by Crippen LogP contribution is -2.32. The molecular formula is C24H20FN3O3S. The van der Waals surface area contributed by atoms with E-state index >= 15 is 0 Å². The number of nitrogens with one attached hydrogen (secondary N) is 1. The Labute approximate surface area is 185 Å². The molecule has 0 radical (unpaired) electrons. The summed E-state index contributed by atoms with van der Waals surface area (Å²) < 4.78 is 42.1. The summed E-state index contributed by atoms with van der Waals surface area (Å²) in [6.45, 7) is 0.0394. The average Bonchev–Trinajstić information content (AvgIpc) is 2.81. The van der Waals surface area contributed by atoms with Crippen LogP contribution in [-0.2, 0) is 16.6 Å². The smallest absolute Gasteiger partial charge is 0.266 e. The first-order chi connectivity index (χ1) is 15.4. The molecule has 0 unspecified atom stereocenters. The molecule has 0 atom stereocenters. The van der Waals surface area contributed by atoms with Crippen molar-refractivity contribution in [2.24, 2.45) is 0 Å². The van der Waals surface area contributed by atoms with Crippen molar-refractivity contribution < 1.29 is 12.8 Å². The van der Waals surface area contributed by atoms with E-state index in [1.807, 2.05) is 30.3 Å².